The van der Waals surface area contributed by atoms with E-state index in [-0.39, 0.29) is 5.56 Å². The first kappa shape index (κ1) is 12.5. The van der Waals surface area contributed by atoms with Crippen molar-refractivity contribution < 1.29 is 4.74 Å². The summed E-state index contributed by atoms with van der Waals surface area (Å²) in [7, 11) is 1.62. The summed E-state index contributed by atoms with van der Waals surface area (Å²) in [4.78, 5) is 21.4. The molecule has 6 nitrogen and oxygen atoms in total. The highest BCUT2D eigenvalue weighted by atomic mass is 32.2. The van der Waals surface area contributed by atoms with E-state index in [1.165, 1.54) is 0 Å². The lowest BCUT2D eigenvalue weighted by molar-refractivity contribution is 0.415. The van der Waals surface area contributed by atoms with Gasteiger partial charge in [0, 0.05) is 18.0 Å². The van der Waals surface area contributed by atoms with Crippen molar-refractivity contribution in [2.45, 2.75) is 11.7 Å². The third kappa shape index (κ3) is 1.84. The number of hydrogen-bond acceptors (Lipinski definition) is 5. The summed E-state index contributed by atoms with van der Waals surface area (Å²) in [6, 6.07) is 7.50. The van der Waals surface area contributed by atoms with E-state index in [1.54, 1.807) is 34.3 Å². The number of imidazole rings is 1. The summed E-state index contributed by atoms with van der Waals surface area (Å²) >= 11 is 1.59. The molecule has 1 aliphatic rings. The summed E-state index contributed by atoms with van der Waals surface area (Å²) in [5.41, 5.74) is 1.85. The van der Waals surface area contributed by atoms with Gasteiger partial charge in [0.05, 0.1) is 7.11 Å². The molecular formula is C14H12N4O2S. The summed E-state index contributed by atoms with van der Waals surface area (Å²) in [6.45, 7) is 0.704. The van der Waals surface area contributed by atoms with Gasteiger partial charge in [-0.05, 0) is 24.3 Å². The number of fused-ring (bicyclic) bond motifs is 2. The van der Waals surface area contributed by atoms with Gasteiger partial charge < -0.3 is 4.74 Å². The van der Waals surface area contributed by atoms with Crippen LogP contribution in [-0.2, 0) is 6.54 Å². The van der Waals surface area contributed by atoms with Crippen LogP contribution in [0.25, 0.3) is 16.9 Å². The van der Waals surface area contributed by atoms with Crippen LogP contribution in [-0.4, -0.2) is 32.0 Å². The minimum Gasteiger partial charge on any atom is -0.497 e. The molecule has 2 aromatic heterocycles. The molecule has 0 N–H and O–H groups in total. The van der Waals surface area contributed by atoms with Crippen LogP contribution in [0.5, 0.6) is 5.75 Å². The van der Waals surface area contributed by atoms with Crippen LogP contribution in [0.15, 0.2) is 40.5 Å². The summed E-state index contributed by atoms with van der Waals surface area (Å²) < 4.78 is 8.65. The normalized spacial score (nSPS) is 13.6. The van der Waals surface area contributed by atoms with Crippen molar-refractivity contribution >= 4 is 22.9 Å². The molecule has 0 bridgehead atoms. The van der Waals surface area contributed by atoms with Gasteiger partial charge in [0.25, 0.3) is 5.56 Å². The maximum atomic E-state index is 12.6. The van der Waals surface area contributed by atoms with Gasteiger partial charge >= 0.3 is 0 Å². The first-order chi connectivity index (χ1) is 10.3. The van der Waals surface area contributed by atoms with Crippen molar-refractivity contribution in [3.8, 4) is 11.4 Å². The molecule has 0 saturated carbocycles. The summed E-state index contributed by atoms with van der Waals surface area (Å²) in [5.74, 6) is 1.66. The standard InChI is InChI=1S/C14H12N4O2S/c1-20-10-4-2-9(3-5-10)18-8-15-12-11(18)13(19)17-6-7-21-14(17)16-12/h2-5,8H,6-7H2,1H3. The number of rotatable bonds is 2. The third-order valence-electron chi connectivity index (χ3n) is 3.53. The van der Waals surface area contributed by atoms with E-state index < -0.39 is 0 Å². The molecule has 0 aliphatic carbocycles. The molecule has 0 spiro atoms. The van der Waals surface area contributed by atoms with Crippen molar-refractivity contribution in [2.75, 3.05) is 12.9 Å². The molecule has 1 aromatic carbocycles. The molecule has 1 aliphatic heterocycles. The van der Waals surface area contributed by atoms with Crippen LogP contribution in [0, 0.1) is 0 Å². The highest BCUT2D eigenvalue weighted by Gasteiger charge is 2.20. The second-order valence-electron chi connectivity index (χ2n) is 4.68. The maximum Gasteiger partial charge on any atom is 0.280 e. The Labute approximate surface area is 124 Å². The molecular weight excluding hydrogens is 288 g/mol. The van der Waals surface area contributed by atoms with Gasteiger partial charge in [-0.3, -0.25) is 13.9 Å². The molecule has 0 amide bonds. The molecule has 0 fully saturated rings. The molecule has 3 aromatic rings. The van der Waals surface area contributed by atoms with Gasteiger partial charge in [-0.25, -0.2) is 9.97 Å². The van der Waals surface area contributed by atoms with E-state index in [4.69, 9.17) is 4.74 Å². The lowest BCUT2D eigenvalue weighted by Gasteiger charge is -2.06. The van der Waals surface area contributed by atoms with Crippen molar-refractivity contribution in [3.05, 3.63) is 40.9 Å². The van der Waals surface area contributed by atoms with Crippen molar-refractivity contribution in [3.63, 3.8) is 0 Å². The Morgan fingerprint density at radius 1 is 1.29 bits per heavy atom. The zero-order chi connectivity index (χ0) is 14.4. The molecule has 106 valence electrons. The second kappa shape index (κ2) is 4.63. The first-order valence-corrected chi connectivity index (χ1v) is 7.51. The van der Waals surface area contributed by atoms with Crippen LogP contribution >= 0.6 is 11.8 Å². The highest BCUT2D eigenvalue weighted by Crippen LogP contribution is 2.24. The molecule has 0 radical (unpaired) electrons. The number of thioether (sulfide) groups is 1. The number of aromatic nitrogens is 4. The van der Waals surface area contributed by atoms with E-state index >= 15 is 0 Å². The zero-order valence-corrected chi connectivity index (χ0v) is 12.1. The van der Waals surface area contributed by atoms with Gasteiger partial charge in [0.1, 0.15) is 12.1 Å². The van der Waals surface area contributed by atoms with Crippen LogP contribution in [0.3, 0.4) is 0 Å². The van der Waals surface area contributed by atoms with E-state index in [9.17, 15) is 4.79 Å². The number of nitrogens with zero attached hydrogens (tertiary/aromatic N) is 4. The Morgan fingerprint density at radius 3 is 2.86 bits per heavy atom. The maximum absolute atomic E-state index is 12.6. The molecule has 3 heterocycles. The fourth-order valence-corrected chi connectivity index (χ4v) is 3.40. The summed E-state index contributed by atoms with van der Waals surface area (Å²) in [6.07, 6.45) is 1.64. The minimum atomic E-state index is -0.0340. The average Bonchev–Trinajstić information content (AvgIpc) is 3.14. The van der Waals surface area contributed by atoms with Gasteiger partial charge in [0.2, 0.25) is 0 Å². The van der Waals surface area contributed by atoms with Crippen LogP contribution in [0.2, 0.25) is 0 Å². The SMILES string of the molecule is COc1ccc(-n2cnc3nc4n(c(=O)c32)CCS4)cc1. The predicted octanol–water partition coefficient (Wildman–Crippen LogP) is 1.70. The Balaban J connectivity index is 1.95. The number of ether oxygens (including phenoxy) is 1. The van der Waals surface area contributed by atoms with Crippen molar-refractivity contribution in [2.24, 2.45) is 0 Å². The molecule has 7 heteroatoms. The quantitative estimate of drug-likeness (QED) is 0.674. The Morgan fingerprint density at radius 2 is 2.10 bits per heavy atom. The number of benzene rings is 1. The minimum absolute atomic E-state index is 0.0340. The van der Waals surface area contributed by atoms with E-state index in [1.807, 2.05) is 24.3 Å². The molecule has 0 saturated heterocycles. The highest BCUT2D eigenvalue weighted by molar-refractivity contribution is 7.99. The molecule has 21 heavy (non-hydrogen) atoms. The topological polar surface area (TPSA) is 61.9 Å². The van der Waals surface area contributed by atoms with E-state index in [0.29, 0.717) is 17.7 Å². The lowest BCUT2D eigenvalue weighted by atomic mass is 10.3. The monoisotopic (exact) mass is 300 g/mol. The zero-order valence-electron chi connectivity index (χ0n) is 11.3. The number of hydrogen-bond donors (Lipinski definition) is 0. The fourth-order valence-electron chi connectivity index (χ4n) is 2.46. The smallest absolute Gasteiger partial charge is 0.280 e. The summed E-state index contributed by atoms with van der Waals surface area (Å²) in [5, 5.41) is 0.757. The van der Waals surface area contributed by atoms with E-state index in [2.05, 4.69) is 9.97 Å². The van der Waals surface area contributed by atoms with Gasteiger partial charge in [-0.2, -0.15) is 0 Å². The Kier molecular flexibility index (Phi) is 2.75. The van der Waals surface area contributed by atoms with Crippen LogP contribution in [0.4, 0.5) is 0 Å². The lowest BCUT2D eigenvalue weighted by Crippen LogP contribution is -2.22. The van der Waals surface area contributed by atoms with Crippen LogP contribution < -0.4 is 10.3 Å². The fraction of sp³-hybridized carbons (Fsp3) is 0.214. The van der Waals surface area contributed by atoms with Crippen LogP contribution in [0.1, 0.15) is 0 Å². The third-order valence-corrected chi connectivity index (χ3v) is 4.48. The second-order valence-corrected chi connectivity index (χ2v) is 5.75. The van der Waals surface area contributed by atoms with Crippen molar-refractivity contribution in [1.29, 1.82) is 0 Å². The Bertz CT molecular complexity index is 882. The largest absolute Gasteiger partial charge is 0.497 e. The number of methoxy groups -OCH3 is 1. The predicted molar refractivity (Wildman–Crippen MR) is 80.4 cm³/mol. The van der Waals surface area contributed by atoms with Gasteiger partial charge in [0.15, 0.2) is 16.3 Å². The molecule has 0 unspecified atom stereocenters. The molecule has 4 rings (SSSR count). The van der Waals surface area contributed by atoms with Gasteiger partial charge in [-0.15, -0.1) is 0 Å². The average molecular weight is 300 g/mol. The van der Waals surface area contributed by atoms with Crippen molar-refractivity contribution in [1.82, 2.24) is 19.1 Å². The van der Waals surface area contributed by atoms with E-state index in [0.717, 1.165) is 22.3 Å². The molecule has 0 atom stereocenters. The van der Waals surface area contributed by atoms with Gasteiger partial charge in [-0.1, -0.05) is 11.8 Å². The Hall–Kier alpha value is -2.28. The first-order valence-electron chi connectivity index (χ1n) is 6.53.